The molecule has 0 unspecified atom stereocenters. The molecule has 0 bridgehead atoms. The number of anilines is 1. The van der Waals surface area contributed by atoms with Crippen LogP contribution in [0.2, 0.25) is 0 Å². The molecule has 7 heteroatoms. The number of nitrogens with zero attached hydrogens (tertiary/aromatic N) is 3. The molecule has 2 atom stereocenters. The van der Waals surface area contributed by atoms with Crippen molar-refractivity contribution < 1.29 is 19.4 Å². The number of fused-ring (bicyclic) bond motifs is 1. The van der Waals surface area contributed by atoms with Crippen LogP contribution in [-0.2, 0) is 17.9 Å². The van der Waals surface area contributed by atoms with Crippen LogP contribution in [0, 0.1) is 17.8 Å². The Morgan fingerprint density at radius 3 is 2.57 bits per heavy atom. The number of benzene rings is 1. The van der Waals surface area contributed by atoms with Gasteiger partial charge < -0.3 is 19.5 Å². The van der Waals surface area contributed by atoms with Crippen LogP contribution in [0.1, 0.15) is 68.1 Å². The zero-order chi connectivity index (χ0) is 25.5. The number of carbonyl (C=O) groups is 1. The number of pyridine rings is 1. The van der Waals surface area contributed by atoms with Crippen molar-refractivity contribution in [2.75, 3.05) is 31.7 Å². The summed E-state index contributed by atoms with van der Waals surface area (Å²) < 4.78 is 11.8. The Labute approximate surface area is 219 Å². The third-order valence-electron chi connectivity index (χ3n) is 8.95. The van der Waals surface area contributed by atoms with E-state index in [1.807, 2.05) is 19.1 Å². The summed E-state index contributed by atoms with van der Waals surface area (Å²) in [6.45, 7) is 6.62. The second kappa shape index (κ2) is 10.2. The fourth-order valence-electron chi connectivity index (χ4n) is 6.42. The molecule has 1 aromatic carbocycles. The van der Waals surface area contributed by atoms with Gasteiger partial charge in [-0.3, -0.25) is 9.69 Å². The van der Waals surface area contributed by atoms with Crippen molar-refractivity contribution in [2.45, 2.75) is 70.5 Å². The smallest absolute Gasteiger partial charge is 0.306 e. The van der Waals surface area contributed by atoms with Gasteiger partial charge in [-0.15, -0.1) is 0 Å². The molecule has 3 fully saturated rings. The zero-order valence-corrected chi connectivity index (χ0v) is 22.1. The fraction of sp³-hybridized carbons (Fsp3) is 0.600. The van der Waals surface area contributed by atoms with Crippen LogP contribution in [0.3, 0.4) is 0 Å². The predicted molar refractivity (Wildman–Crippen MR) is 142 cm³/mol. The average Bonchev–Trinajstić information content (AvgIpc) is 3.86. The number of rotatable bonds is 10. The van der Waals surface area contributed by atoms with Gasteiger partial charge in [0.05, 0.1) is 19.6 Å². The second-order valence-corrected chi connectivity index (χ2v) is 11.6. The molecule has 6 rings (SSSR count). The van der Waals surface area contributed by atoms with Crippen LogP contribution >= 0.6 is 0 Å². The first-order valence-corrected chi connectivity index (χ1v) is 14.0. The fourth-order valence-corrected chi connectivity index (χ4v) is 6.42. The number of ether oxygens (including phenoxy) is 2. The minimum absolute atomic E-state index is 0.0338. The Bertz CT molecular complexity index is 1140. The Morgan fingerprint density at radius 1 is 1.11 bits per heavy atom. The van der Waals surface area contributed by atoms with E-state index in [1.54, 1.807) is 13.3 Å². The summed E-state index contributed by atoms with van der Waals surface area (Å²) in [6.07, 6.45) is 8.82. The van der Waals surface area contributed by atoms with Gasteiger partial charge in [-0.25, -0.2) is 4.98 Å². The summed E-state index contributed by atoms with van der Waals surface area (Å²) in [5, 5.41) is 9.60. The minimum Gasteiger partial charge on any atom is -0.497 e. The molecule has 3 heterocycles. The van der Waals surface area contributed by atoms with Crippen LogP contribution < -0.4 is 14.4 Å². The van der Waals surface area contributed by atoms with Crippen LogP contribution in [0.15, 0.2) is 30.5 Å². The largest absolute Gasteiger partial charge is 0.497 e. The van der Waals surface area contributed by atoms with Crippen molar-refractivity contribution in [1.82, 2.24) is 9.88 Å². The van der Waals surface area contributed by atoms with Crippen LogP contribution in [0.25, 0.3) is 0 Å². The number of methoxy groups -OCH3 is 1. The molecule has 0 radical (unpaired) electrons. The maximum Gasteiger partial charge on any atom is 0.306 e. The molecule has 2 aromatic rings. The van der Waals surface area contributed by atoms with Gasteiger partial charge in [-0.2, -0.15) is 0 Å². The summed E-state index contributed by atoms with van der Waals surface area (Å²) in [4.78, 5) is 21.3. The second-order valence-electron chi connectivity index (χ2n) is 11.6. The van der Waals surface area contributed by atoms with Crippen molar-refractivity contribution in [2.24, 2.45) is 17.8 Å². The molecular weight excluding hydrogens is 466 g/mol. The molecule has 37 heavy (non-hydrogen) atoms. The van der Waals surface area contributed by atoms with E-state index < -0.39 is 11.9 Å². The van der Waals surface area contributed by atoms with Crippen LogP contribution in [0.5, 0.6) is 11.6 Å². The maximum atomic E-state index is 11.7. The van der Waals surface area contributed by atoms with E-state index in [4.69, 9.17) is 9.47 Å². The average molecular weight is 506 g/mol. The molecule has 7 nitrogen and oxygen atoms in total. The van der Waals surface area contributed by atoms with Crippen molar-refractivity contribution >= 4 is 11.7 Å². The monoisotopic (exact) mass is 505 g/mol. The topological polar surface area (TPSA) is 75.1 Å². The molecule has 0 amide bonds. The number of piperidine rings is 1. The highest BCUT2D eigenvalue weighted by molar-refractivity contribution is 5.71. The number of carboxylic acid groups (broad SMARTS) is 1. The highest BCUT2D eigenvalue weighted by atomic mass is 16.5. The lowest BCUT2D eigenvalue weighted by atomic mass is 9.84. The summed E-state index contributed by atoms with van der Waals surface area (Å²) in [7, 11) is 1.76. The van der Waals surface area contributed by atoms with Gasteiger partial charge in [0.1, 0.15) is 5.75 Å². The standard InChI is InChI=1S/C30H39N3O4/c1-19(30(34)35)29(21-3-4-21)22-7-10-31-28(14-22)37-18-20-8-11-32(12-9-20)27-15-25(36-2)13-23-16-33(17-26(23)27)24-5-6-24/h7,10,13-15,19-21,24,29H,3-6,8-9,11-12,16-18H2,1-2H3,(H,34,35)/t19-,29-/m0/s1. The first-order chi connectivity index (χ1) is 18.0. The first-order valence-electron chi connectivity index (χ1n) is 14.0. The van der Waals surface area contributed by atoms with Crippen molar-refractivity contribution in [1.29, 1.82) is 0 Å². The molecule has 198 valence electrons. The highest BCUT2D eigenvalue weighted by Gasteiger charge is 2.39. The molecule has 2 aliphatic heterocycles. The molecule has 1 N–H and O–H groups in total. The van der Waals surface area contributed by atoms with Gasteiger partial charge >= 0.3 is 5.97 Å². The zero-order valence-electron chi connectivity index (χ0n) is 22.1. The normalized spacial score (nSPS) is 21.9. The quantitative estimate of drug-likeness (QED) is 0.483. The van der Waals surface area contributed by atoms with Crippen molar-refractivity contribution in [3.05, 3.63) is 47.2 Å². The van der Waals surface area contributed by atoms with Gasteiger partial charge in [-0.1, -0.05) is 6.92 Å². The summed E-state index contributed by atoms with van der Waals surface area (Å²) in [6, 6.07) is 9.17. The molecule has 2 saturated carbocycles. The van der Waals surface area contributed by atoms with E-state index in [0.717, 1.165) is 69.2 Å². The molecule has 0 spiro atoms. The molecular formula is C30H39N3O4. The Kier molecular flexibility index (Phi) is 6.74. The Hall–Kier alpha value is -2.80. The predicted octanol–water partition coefficient (Wildman–Crippen LogP) is 5.08. The van der Waals surface area contributed by atoms with Crippen LogP contribution in [0.4, 0.5) is 5.69 Å². The molecule has 2 aliphatic carbocycles. The summed E-state index contributed by atoms with van der Waals surface area (Å²) in [5.74, 6) is 1.43. The van der Waals surface area contributed by atoms with Crippen molar-refractivity contribution in [3.63, 3.8) is 0 Å². The number of hydrogen-bond acceptors (Lipinski definition) is 6. The SMILES string of the molecule is COc1cc2c(c(N3CCC(COc4cc([C@H](C5CC5)[C@H](C)C(=O)O)ccn4)CC3)c1)CN(C1CC1)C2. The van der Waals surface area contributed by atoms with Gasteiger partial charge in [0.15, 0.2) is 0 Å². The third kappa shape index (κ3) is 5.28. The lowest BCUT2D eigenvalue weighted by molar-refractivity contribution is -0.142. The van der Waals surface area contributed by atoms with Gasteiger partial charge in [-0.05, 0) is 85.1 Å². The van der Waals surface area contributed by atoms with E-state index >= 15 is 0 Å². The van der Waals surface area contributed by atoms with Crippen molar-refractivity contribution in [3.8, 4) is 11.6 Å². The Morgan fingerprint density at radius 2 is 1.89 bits per heavy atom. The van der Waals surface area contributed by atoms with Gasteiger partial charge in [0, 0.05) is 56.2 Å². The van der Waals surface area contributed by atoms with E-state index in [0.29, 0.717) is 24.3 Å². The van der Waals surface area contributed by atoms with E-state index in [9.17, 15) is 9.90 Å². The summed E-state index contributed by atoms with van der Waals surface area (Å²) >= 11 is 0. The van der Waals surface area contributed by atoms with E-state index in [1.165, 1.54) is 29.7 Å². The summed E-state index contributed by atoms with van der Waals surface area (Å²) in [5.41, 5.74) is 5.32. The molecule has 4 aliphatic rings. The number of aliphatic carboxylic acids is 1. The lowest BCUT2D eigenvalue weighted by Crippen LogP contribution is -2.36. The van der Waals surface area contributed by atoms with Gasteiger partial charge in [0.25, 0.3) is 0 Å². The van der Waals surface area contributed by atoms with Crippen LogP contribution in [-0.4, -0.2) is 53.8 Å². The Balaban J connectivity index is 1.07. The highest BCUT2D eigenvalue weighted by Crippen LogP contribution is 2.47. The van der Waals surface area contributed by atoms with E-state index in [-0.39, 0.29) is 5.92 Å². The number of carboxylic acids is 1. The molecule has 1 aromatic heterocycles. The lowest BCUT2D eigenvalue weighted by Gasteiger charge is -2.35. The number of hydrogen-bond donors (Lipinski definition) is 1. The maximum absolute atomic E-state index is 11.7. The molecule has 1 saturated heterocycles. The minimum atomic E-state index is -0.732. The van der Waals surface area contributed by atoms with E-state index in [2.05, 4.69) is 26.9 Å². The number of aromatic nitrogens is 1. The van der Waals surface area contributed by atoms with Gasteiger partial charge in [0.2, 0.25) is 5.88 Å². The third-order valence-corrected chi connectivity index (χ3v) is 8.95. The first kappa shape index (κ1) is 24.5.